The van der Waals surface area contributed by atoms with E-state index in [-0.39, 0.29) is 11.2 Å². The molecule has 2 bridgehead atoms. The first-order valence-electron chi connectivity index (χ1n) is 9.87. The van der Waals surface area contributed by atoms with Gasteiger partial charge in [0, 0.05) is 17.5 Å². The van der Waals surface area contributed by atoms with Gasteiger partial charge in [0.05, 0.1) is 7.11 Å². The fraction of sp³-hybridized carbons (Fsp3) is 0.478. The number of nitrogens with one attached hydrogen (secondary N) is 1. The zero-order valence-electron chi connectivity index (χ0n) is 16.5. The molecule has 0 radical (unpaired) electrons. The molecule has 1 heterocycles. The SMILES string of the molecule is COc1ccc2c(c1)C1(C)CCN(C)[C@H](C2)[C@@H]1NCCc1ccc(F)cc1. The van der Waals surface area contributed by atoms with Crippen molar-refractivity contribution in [3.8, 4) is 5.75 Å². The minimum atomic E-state index is -0.173. The summed E-state index contributed by atoms with van der Waals surface area (Å²) in [4.78, 5) is 2.50. The highest BCUT2D eigenvalue weighted by molar-refractivity contribution is 5.45. The van der Waals surface area contributed by atoms with Crippen molar-refractivity contribution in [2.75, 3.05) is 27.2 Å². The Labute approximate surface area is 161 Å². The summed E-state index contributed by atoms with van der Waals surface area (Å²) in [6.07, 6.45) is 3.11. The monoisotopic (exact) mass is 368 g/mol. The average molecular weight is 368 g/mol. The molecule has 3 nitrogen and oxygen atoms in total. The number of benzene rings is 2. The predicted molar refractivity (Wildman–Crippen MR) is 107 cm³/mol. The zero-order chi connectivity index (χ0) is 19.0. The molecule has 2 aromatic carbocycles. The second-order valence-corrected chi connectivity index (χ2v) is 8.25. The van der Waals surface area contributed by atoms with Crippen molar-refractivity contribution in [3.05, 3.63) is 65.0 Å². The van der Waals surface area contributed by atoms with Crippen LogP contribution in [0.1, 0.15) is 30.0 Å². The Morgan fingerprint density at radius 2 is 2.00 bits per heavy atom. The number of likely N-dealkylation sites (N-methyl/N-ethyl adjacent to an activating group) is 1. The van der Waals surface area contributed by atoms with Crippen LogP contribution in [0.2, 0.25) is 0 Å². The maximum atomic E-state index is 13.1. The number of fused-ring (bicyclic) bond motifs is 4. The molecular weight excluding hydrogens is 339 g/mol. The molecule has 1 aliphatic carbocycles. The summed E-state index contributed by atoms with van der Waals surface area (Å²) in [6, 6.07) is 14.3. The molecule has 2 aromatic rings. The third-order valence-electron chi connectivity index (χ3n) is 6.67. The van der Waals surface area contributed by atoms with E-state index in [1.165, 1.54) is 16.7 Å². The number of rotatable bonds is 5. The van der Waals surface area contributed by atoms with Crippen LogP contribution >= 0.6 is 0 Å². The maximum absolute atomic E-state index is 13.1. The largest absolute Gasteiger partial charge is 0.497 e. The molecule has 4 rings (SSSR count). The highest BCUT2D eigenvalue weighted by Gasteiger charge is 2.49. The van der Waals surface area contributed by atoms with Gasteiger partial charge in [-0.2, -0.15) is 0 Å². The van der Waals surface area contributed by atoms with E-state index in [0.29, 0.717) is 12.1 Å². The molecule has 0 spiro atoms. The van der Waals surface area contributed by atoms with Gasteiger partial charge < -0.3 is 15.0 Å². The summed E-state index contributed by atoms with van der Waals surface area (Å²) >= 11 is 0. The molecule has 27 heavy (non-hydrogen) atoms. The number of piperidine rings is 1. The maximum Gasteiger partial charge on any atom is 0.123 e. The molecule has 1 N–H and O–H groups in total. The first kappa shape index (κ1) is 18.5. The van der Waals surface area contributed by atoms with Crippen molar-refractivity contribution in [1.29, 1.82) is 0 Å². The van der Waals surface area contributed by atoms with Crippen LogP contribution in [-0.4, -0.2) is 44.2 Å². The summed E-state index contributed by atoms with van der Waals surface area (Å²) in [7, 11) is 3.98. The zero-order valence-corrected chi connectivity index (χ0v) is 16.5. The van der Waals surface area contributed by atoms with Gasteiger partial charge in [0.15, 0.2) is 0 Å². The molecular formula is C23H29FN2O. The van der Waals surface area contributed by atoms with E-state index in [9.17, 15) is 4.39 Å². The molecule has 2 aliphatic rings. The molecule has 0 amide bonds. The number of ether oxygens (including phenoxy) is 1. The highest BCUT2D eigenvalue weighted by Crippen LogP contribution is 2.45. The average Bonchev–Trinajstić information content (AvgIpc) is 2.68. The molecule has 3 atom stereocenters. The van der Waals surface area contributed by atoms with Gasteiger partial charge in [-0.15, -0.1) is 0 Å². The van der Waals surface area contributed by atoms with E-state index in [4.69, 9.17) is 4.74 Å². The van der Waals surface area contributed by atoms with E-state index in [1.807, 2.05) is 12.1 Å². The summed E-state index contributed by atoms with van der Waals surface area (Å²) in [6.45, 7) is 4.42. The number of hydrogen-bond acceptors (Lipinski definition) is 3. The Morgan fingerprint density at radius 1 is 1.22 bits per heavy atom. The van der Waals surface area contributed by atoms with Gasteiger partial charge in [-0.05, 0) is 80.4 Å². The molecule has 0 saturated carbocycles. The second-order valence-electron chi connectivity index (χ2n) is 8.25. The molecule has 1 fully saturated rings. The first-order chi connectivity index (χ1) is 13.0. The molecule has 1 saturated heterocycles. The van der Waals surface area contributed by atoms with Crippen LogP contribution in [0.25, 0.3) is 0 Å². The molecule has 4 heteroatoms. The number of halogens is 1. The van der Waals surface area contributed by atoms with Gasteiger partial charge >= 0.3 is 0 Å². The van der Waals surface area contributed by atoms with Crippen LogP contribution in [0.4, 0.5) is 4.39 Å². The van der Waals surface area contributed by atoms with Gasteiger partial charge in [-0.25, -0.2) is 4.39 Å². The van der Waals surface area contributed by atoms with Gasteiger partial charge in [0.2, 0.25) is 0 Å². The summed E-state index contributed by atoms with van der Waals surface area (Å²) in [5.41, 5.74) is 4.16. The van der Waals surface area contributed by atoms with Crippen LogP contribution in [0.5, 0.6) is 5.75 Å². The van der Waals surface area contributed by atoms with Crippen molar-refractivity contribution in [2.45, 2.75) is 43.7 Å². The minimum absolute atomic E-state index is 0.0993. The fourth-order valence-electron chi connectivity index (χ4n) is 4.99. The number of methoxy groups -OCH3 is 1. The lowest BCUT2D eigenvalue weighted by Crippen LogP contribution is -2.66. The third kappa shape index (κ3) is 3.37. The first-order valence-corrected chi connectivity index (χ1v) is 9.87. The van der Waals surface area contributed by atoms with E-state index in [1.54, 1.807) is 19.2 Å². The summed E-state index contributed by atoms with van der Waals surface area (Å²) in [5.74, 6) is 0.769. The van der Waals surface area contributed by atoms with E-state index >= 15 is 0 Å². The van der Waals surface area contributed by atoms with Crippen molar-refractivity contribution in [2.24, 2.45) is 0 Å². The van der Waals surface area contributed by atoms with E-state index < -0.39 is 0 Å². The van der Waals surface area contributed by atoms with Gasteiger partial charge in [-0.3, -0.25) is 0 Å². The lowest BCUT2D eigenvalue weighted by Gasteiger charge is -2.55. The minimum Gasteiger partial charge on any atom is -0.497 e. The van der Waals surface area contributed by atoms with Gasteiger partial charge in [-0.1, -0.05) is 25.1 Å². The van der Waals surface area contributed by atoms with Crippen molar-refractivity contribution >= 4 is 0 Å². The molecule has 0 aromatic heterocycles. The number of hydrogen-bond donors (Lipinski definition) is 1. The number of likely N-dealkylation sites (tertiary alicyclic amines) is 1. The standard InChI is InChI=1S/C23H29FN2O/c1-23-11-13-26(2)21(14-17-6-9-19(27-3)15-20(17)23)22(23)25-12-10-16-4-7-18(24)8-5-16/h4-9,15,21-22,25H,10-14H2,1-3H3/t21-,22+,23?/m1/s1. The molecule has 144 valence electrons. The van der Waals surface area contributed by atoms with Crippen molar-refractivity contribution in [1.82, 2.24) is 10.2 Å². The quantitative estimate of drug-likeness (QED) is 0.873. The Kier molecular flexibility index (Phi) is 4.95. The lowest BCUT2D eigenvalue weighted by molar-refractivity contribution is 0.0663. The van der Waals surface area contributed by atoms with Crippen molar-refractivity contribution in [3.63, 3.8) is 0 Å². The van der Waals surface area contributed by atoms with Gasteiger partial charge in [0.25, 0.3) is 0 Å². The Hall–Kier alpha value is -1.91. The van der Waals surface area contributed by atoms with Crippen LogP contribution in [0, 0.1) is 5.82 Å². The number of nitrogens with zero attached hydrogens (tertiary/aromatic N) is 1. The fourth-order valence-corrected chi connectivity index (χ4v) is 4.99. The van der Waals surface area contributed by atoms with Crippen LogP contribution in [0.3, 0.4) is 0 Å². The Balaban J connectivity index is 1.56. The third-order valence-corrected chi connectivity index (χ3v) is 6.67. The summed E-state index contributed by atoms with van der Waals surface area (Å²) in [5, 5.41) is 3.86. The normalized spacial score (nSPS) is 27.3. The van der Waals surface area contributed by atoms with E-state index in [0.717, 1.165) is 38.1 Å². The smallest absolute Gasteiger partial charge is 0.123 e. The predicted octanol–water partition coefficient (Wildman–Crippen LogP) is 3.55. The molecule has 1 unspecified atom stereocenters. The van der Waals surface area contributed by atoms with Crippen molar-refractivity contribution < 1.29 is 9.13 Å². The van der Waals surface area contributed by atoms with Crippen LogP contribution in [-0.2, 0) is 18.3 Å². The van der Waals surface area contributed by atoms with Crippen LogP contribution < -0.4 is 10.1 Å². The topological polar surface area (TPSA) is 24.5 Å². The Morgan fingerprint density at radius 3 is 2.74 bits per heavy atom. The van der Waals surface area contributed by atoms with Crippen LogP contribution in [0.15, 0.2) is 42.5 Å². The highest BCUT2D eigenvalue weighted by atomic mass is 19.1. The summed E-state index contributed by atoms with van der Waals surface area (Å²) < 4.78 is 18.6. The van der Waals surface area contributed by atoms with E-state index in [2.05, 4.69) is 42.4 Å². The Bertz CT molecular complexity index is 807. The second kappa shape index (κ2) is 7.25. The van der Waals surface area contributed by atoms with Gasteiger partial charge in [0.1, 0.15) is 11.6 Å². The molecule has 1 aliphatic heterocycles. The lowest BCUT2D eigenvalue weighted by atomic mass is 9.61.